The van der Waals surface area contributed by atoms with Crippen LogP contribution in [-0.2, 0) is 6.54 Å². The smallest absolute Gasteiger partial charge is 0.261 e. The van der Waals surface area contributed by atoms with Gasteiger partial charge in [0.25, 0.3) is 5.91 Å². The summed E-state index contributed by atoms with van der Waals surface area (Å²) < 4.78 is 1.97. The van der Waals surface area contributed by atoms with Crippen molar-refractivity contribution in [3.8, 4) is 0 Å². The van der Waals surface area contributed by atoms with Crippen molar-refractivity contribution in [3.63, 3.8) is 0 Å². The molecule has 0 aliphatic rings. The van der Waals surface area contributed by atoms with Crippen molar-refractivity contribution in [2.75, 3.05) is 5.32 Å². The predicted molar refractivity (Wildman–Crippen MR) is 107 cm³/mol. The number of rotatable bonds is 4. The van der Waals surface area contributed by atoms with Gasteiger partial charge in [0.05, 0.1) is 0 Å². The van der Waals surface area contributed by atoms with E-state index in [1.54, 1.807) is 12.4 Å². The highest BCUT2D eigenvalue weighted by Crippen LogP contribution is 2.21. The van der Waals surface area contributed by atoms with E-state index < -0.39 is 0 Å². The predicted octanol–water partition coefficient (Wildman–Crippen LogP) is 3.78. The number of aryl methyl sites for hydroxylation is 3. The molecule has 0 bridgehead atoms. The maximum atomic E-state index is 12.9. The first-order valence-electron chi connectivity index (χ1n) is 8.86. The molecule has 5 nitrogen and oxygen atoms in total. The Kier molecular flexibility index (Phi) is 5.21. The zero-order chi connectivity index (χ0) is 19.6. The lowest BCUT2D eigenvalue weighted by Crippen LogP contribution is -2.27. The Morgan fingerprint density at radius 2 is 1.78 bits per heavy atom. The molecular weight excluding hydrogens is 338 g/mol. The van der Waals surface area contributed by atoms with Gasteiger partial charge in [0.15, 0.2) is 5.43 Å². The van der Waals surface area contributed by atoms with Crippen molar-refractivity contribution in [3.05, 3.63) is 92.7 Å². The highest BCUT2D eigenvalue weighted by atomic mass is 16.2. The molecule has 2 aromatic heterocycles. The number of anilines is 1. The second-order valence-corrected chi connectivity index (χ2v) is 6.78. The van der Waals surface area contributed by atoms with Crippen LogP contribution < -0.4 is 10.7 Å². The molecule has 3 aromatic rings. The summed E-state index contributed by atoms with van der Waals surface area (Å²) in [6.45, 7) is 8.11. The quantitative estimate of drug-likeness (QED) is 0.769. The fourth-order valence-corrected chi connectivity index (χ4v) is 3.30. The van der Waals surface area contributed by atoms with E-state index in [1.165, 1.54) is 6.07 Å². The lowest BCUT2D eigenvalue weighted by atomic mass is 10.1. The summed E-state index contributed by atoms with van der Waals surface area (Å²) in [7, 11) is 0. The first-order valence-corrected chi connectivity index (χ1v) is 8.86. The molecule has 1 aromatic carbocycles. The first-order chi connectivity index (χ1) is 12.9. The molecule has 0 saturated carbocycles. The Bertz CT molecular complexity index is 1030. The number of carbonyl (C=O) groups is 1. The van der Waals surface area contributed by atoms with E-state index in [0.29, 0.717) is 12.2 Å². The molecule has 1 N–H and O–H groups in total. The number of nitrogens with one attached hydrogen (secondary N) is 1. The van der Waals surface area contributed by atoms with Gasteiger partial charge in [-0.1, -0.05) is 24.3 Å². The van der Waals surface area contributed by atoms with Gasteiger partial charge in [-0.05, 0) is 50.5 Å². The number of nitrogens with zero attached hydrogens (tertiary/aromatic N) is 2. The van der Waals surface area contributed by atoms with Gasteiger partial charge in [0.2, 0.25) is 0 Å². The Hall–Kier alpha value is -3.21. The van der Waals surface area contributed by atoms with E-state index >= 15 is 0 Å². The van der Waals surface area contributed by atoms with E-state index in [-0.39, 0.29) is 16.9 Å². The minimum absolute atomic E-state index is 0.173. The van der Waals surface area contributed by atoms with Crippen LogP contribution in [0.2, 0.25) is 0 Å². The van der Waals surface area contributed by atoms with E-state index in [1.807, 2.05) is 62.6 Å². The average molecular weight is 361 g/mol. The molecule has 3 rings (SSSR count). The van der Waals surface area contributed by atoms with Crippen LogP contribution in [0.25, 0.3) is 0 Å². The molecule has 0 unspecified atom stereocenters. The normalized spacial score (nSPS) is 10.7. The third-order valence-corrected chi connectivity index (χ3v) is 4.79. The highest BCUT2D eigenvalue weighted by Gasteiger charge is 2.19. The molecule has 0 radical (unpaired) electrons. The molecule has 0 aliphatic carbocycles. The van der Waals surface area contributed by atoms with Gasteiger partial charge in [-0.3, -0.25) is 14.6 Å². The topological polar surface area (TPSA) is 64.0 Å². The lowest BCUT2D eigenvalue weighted by molar-refractivity contribution is 0.102. The number of para-hydroxylation sites is 1. The van der Waals surface area contributed by atoms with Crippen molar-refractivity contribution < 1.29 is 4.79 Å². The minimum Gasteiger partial charge on any atom is -0.344 e. The van der Waals surface area contributed by atoms with Crippen LogP contribution in [0.5, 0.6) is 0 Å². The summed E-state index contributed by atoms with van der Waals surface area (Å²) in [5.74, 6) is -0.380. The van der Waals surface area contributed by atoms with Crippen LogP contribution in [0.1, 0.15) is 38.4 Å². The fourth-order valence-electron chi connectivity index (χ4n) is 3.30. The van der Waals surface area contributed by atoms with Crippen LogP contribution >= 0.6 is 0 Å². The van der Waals surface area contributed by atoms with Crippen molar-refractivity contribution in [2.24, 2.45) is 0 Å². The summed E-state index contributed by atoms with van der Waals surface area (Å²) in [5.41, 5.74) is 5.04. The second kappa shape index (κ2) is 7.58. The van der Waals surface area contributed by atoms with Gasteiger partial charge in [-0.15, -0.1) is 0 Å². The van der Waals surface area contributed by atoms with E-state index in [4.69, 9.17) is 0 Å². The first kappa shape index (κ1) is 18.6. The number of hydrogen-bond acceptors (Lipinski definition) is 3. The van der Waals surface area contributed by atoms with Crippen molar-refractivity contribution in [1.82, 2.24) is 9.55 Å². The van der Waals surface area contributed by atoms with Gasteiger partial charge in [0, 0.05) is 42.1 Å². The largest absolute Gasteiger partial charge is 0.344 e. The zero-order valence-electron chi connectivity index (χ0n) is 16.0. The molecule has 0 atom stereocenters. The molecule has 5 heteroatoms. The molecule has 0 aliphatic heterocycles. The summed E-state index contributed by atoms with van der Waals surface area (Å²) >= 11 is 0. The van der Waals surface area contributed by atoms with Crippen LogP contribution in [0, 0.1) is 27.7 Å². The van der Waals surface area contributed by atoms with Crippen molar-refractivity contribution in [2.45, 2.75) is 34.2 Å². The maximum Gasteiger partial charge on any atom is 0.261 e. The number of aromatic nitrogens is 2. The van der Waals surface area contributed by atoms with E-state index in [2.05, 4.69) is 10.3 Å². The molecular formula is C22H23N3O2. The van der Waals surface area contributed by atoms with Crippen LogP contribution in [-0.4, -0.2) is 15.5 Å². The molecule has 0 spiro atoms. The summed E-state index contributed by atoms with van der Waals surface area (Å²) in [6.07, 6.45) is 3.51. The minimum atomic E-state index is -0.380. The summed E-state index contributed by atoms with van der Waals surface area (Å²) in [6, 6.07) is 11.2. The van der Waals surface area contributed by atoms with Crippen LogP contribution in [0.15, 0.2) is 53.6 Å². The number of pyridine rings is 2. The SMILES string of the molecule is Cc1cccc(C)c1NC(=O)c1c(C)n(Cc2cccnc2)c(C)cc1=O. The Labute approximate surface area is 158 Å². The number of carbonyl (C=O) groups excluding carboxylic acids is 1. The standard InChI is InChI=1S/C22H23N3O2/c1-14-7-5-8-15(2)21(14)24-22(27)20-17(4)25(16(3)11-19(20)26)13-18-9-6-10-23-12-18/h5-12H,13H2,1-4H3,(H,24,27). The molecule has 1 amide bonds. The third-order valence-electron chi connectivity index (χ3n) is 4.79. The zero-order valence-corrected chi connectivity index (χ0v) is 16.0. The Morgan fingerprint density at radius 3 is 2.41 bits per heavy atom. The molecule has 138 valence electrons. The van der Waals surface area contributed by atoms with E-state index in [9.17, 15) is 9.59 Å². The molecule has 0 saturated heterocycles. The third kappa shape index (κ3) is 3.82. The van der Waals surface area contributed by atoms with Gasteiger partial charge in [-0.2, -0.15) is 0 Å². The Morgan fingerprint density at radius 1 is 1.07 bits per heavy atom. The number of benzene rings is 1. The second-order valence-electron chi connectivity index (χ2n) is 6.78. The van der Waals surface area contributed by atoms with Gasteiger partial charge >= 0.3 is 0 Å². The molecule has 2 heterocycles. The van der Waals surface area contributed by atoms with Crippen molar-refractivity contribution in [1.29, 1.82) is 0 Å². The van der Waals surface area contributed by atoms with Crippen LogP contribution in [0.3, 0.4) is 0 Å². The maximum absolute atomic E-state index is 12.9. The van der Waals surface area contributed by atoms with Crippen LogP contribution in [0.4, 0.5) is 5.69 Å². The van der Waals surface area contributed by atoms with Gasteiger partial charge in [-0.25, -0.2) is 0 Å². The summed E-state index contributed by atoms with van der Waals surface area (Å²) in [5, 5.41) is 2.92. The number of amides is 1. The molecule has 0 fully saturated rings. The average Bonchev–Trinajstić information content (AvgIpc) is 2.62. The fraction of sp³-hybridized carbons (Fsp3) is 0.227. The van der Waals surface area contributed by atoms with Gasteiger partial charge < -0.3 is 9.88 Å². The van der Waals surface area contributed by atoms with E-state index in [0.717, 1.165) is 28.1 Å². The lowest BCUT2D eigenvalue weighted by Gasteiger charge is -2.18. The monoisotopic (exact) mass is 361 g/mol. The Balaban J connectivity index is 2.01. The highest BCUT2D eigenvalue weighted by molar-refractivity contribution is 6.05. The number of hydrogen-bond donors (Lipinski definition) is 1. The summed E-state index contributed by atoms with van der Waals surface area (Å²) in [4.78, 5) is 29.7. The van der Waals surface area contributed by atoms with Gasteiger partial charge in [0.1, 0.15) is 5.56 Å². The molecule has 27 heavy (non-hydrogen) atoms. The van der Waals surface area contributed by atoms with Crippen molar-refractivity contribution >= 4 is 11.6 Å².